The third kappa shape index (κ3) is 8.14. The summed E-state index contributed by atoms with van der Waals surface area (Å²) in [4.78, 5) is 22.7. The molecule has 0 radical (unpaired) electrons. The molecule has 0 aliphatic heterocycles. The van der Waals surface area contributed by atoms with Crippen molar-refractivity contribution in [3.05, 3.63) is 23.8 Å². The van der Waals surface area contributed by atoms with Crippen LogP contribution in [0, 0.1) is 0 Å². The van der Waals surface area contributed by atoms with E-state index in [2.05, 4.69) is 16.0 Å². The fourth-order valence-electron chi connectivity index (χ4n) is 2.05. The minimum Gasteiger partial charge on any atom is -0.493 e. The van der Waals surface area contributed by atoms with Gasteiger partial charge >= 0.3 is 12.1 Å². The average molecular weight is 353 g/mol. The van der Waals surface area contributed by atoms with Crippen LogP contribution in [0.25, 0.3) is 0 Å². The molecule has 0 aromatic heterocycles. The molecule has 0 aliphatic carbocycles. The number of carbonyl (C=O) groups excluding carboxylic acids is 2. The fourth-order valence-corrected chi connectivity index (χ4v) is 2.05. The first-order valence-electron chi connectivity index (χ1n) is 8.32. The van der Waals surface area contributed by atoms with Gasteiger partial charge in [-0.05, 0) is 38.0 Å². The van der Waals surface area contributed by atoms with Gasteiger partial charge in [-0.3, -0.25) is 0 Å². The van der Waals surface area contributed by atoms with Gasteiger partial charge in [0.25, 0.3) is 0 Å². The maximum Gasteiger partial charge on any atom is 0.407 e. The summed E-state index contributed by atoms with van der Waals surface area (Å²) in [5.41, 5.74) is 1.03. The molecule has 0 aliphatic rings. The van der Waals surface area contributed by atoms with Gasteiger partial charge in [0.2, 0.25) is 0 Å². The van der Waals surface area contributed by atoms with Crippen molar-refractivity contribution in [1.29, 1.82) is 0 Å². The van der Waals surface area contributed by atoms with Gasteiger partial charge in [0.15, 0.2) is 11.5 Å². The highest BCUT2D eigenvalue weighted by Gasteiger charge is 2.06. The second-order valence-corrected chi connectivity index (χ2v) is 5.00. The predicted molar refractivity (Wildman–Crippen MR) is 94.3 cm³/mol. The van der Waals surface area contributed by atoms with Crippen molar-refractivity contribution in [1.82, 2.24) is 16.0 Å². The van der Waals surface area contributed by atoms with Crippen molar-refractivity contribution in [2.45, 2.75) is 20.3 Å². The molecule has 0 heterocycles. The summed E-state index contributed by atoms with van der Waals surface area (Å²) < 4.78 is 15.5. The molecule has 0 spiro atoms. The summed E-state index contributed by atoms with van der Waals surface area (Å²) in [6.45, 7) is 5.64. The molecule has 8 heteroatoms. The number of ether oxygens (including phenoxy) is 3. The lowest BCUT2D eigenvalue weighted by Crippen LogP contribution is -2.41. The number of amides is 3. The van der Waals surface area contributed by atoms with E-state index in [1.807, 2.05) is 25.1 Å². The molecule has 3 amide bonds. The number of methoxy groups -OCH3 is 1. The van der Waals surface area contributed by atoms with Gasteiger partial charge in [-0.15, -0.1) is 0 Å². The predicted octanol–water partition coefficient (Wildman–Crippen LogP) is 1.68. The lowest BCUT2D eigenvalue weighted by atomic mass is 10.1. The monoisotopic (exact) mass is 353 g/mol. The maximum absolute atomic E-state index is 11.7. The molecule has 3 N–H and O–H groups in total. The Hall–Kier alpha value is -2.64. The van der Waals surface area contributed by atoms with E-state index in [0.29, 0.717) is 50.8 Å². The number of benzene rings is 1. The minimum atomic E-state index is -0.492. The summed E-state index contributed by atoms with van der Waals surface area (Å²) >= 11 is 0. The highest BCUT2D eigenvalue weighted by molar-refractivity contribution is 5.74. The van der Waals surface area contributed by atoms with E-state index >= 15 is 0 Å². The van der Waals surface area contributed by atoms with E-state index in [0.717, 1.165) is 5.56 Å². The van der Waals surface area contributed by atoms with Gasteiger partial charge in [-0.25, -0.2) is 9.59 Å². The Morgan fingerprint density at radius 2 is 1.68 bits per heavy atom. The van der Waals surface area contributed by atoms with Crippen LogP contribution < -0.4 is 25.4 Å². The number of hydrogen-bond acceptors (Lipinski definition) is 5. The number of hydrogen-bond donors (Lipinski definition) is 3. The van der Waals surface area contributed by atoms with Gasteiger partial charge in [-0.2, -0.15) is 0 Å². The normalized spacial score (nSPS) is 9.88. The van der Waals surface area contributed by atoms with Gasteiger partial charge in [0.05, 0.1) is 20.3 Å². The van der Waals surface area contributed by atoms with Crippen LogP contribution >= 0.6 is 0 Å². The molecule has 0 bridgehead atoms. The summed E-state index contributed by atoms with van der Waals surface area (Å²) in [6.07, 6.45) is 0.172. The molecule has 140 valence electrons. The van der Waals surface area contributed by atoms with Gasteiger partial charge in [0, 0.05) is 19.6 Å². The van der Waals surface area contributed by atoms with Gasteiger partial charge in [-0.1, -0.05) is 6.07 Å². The van der Waals surface area contributed by atoms with E-state index in [4.69, 9.17) is 14.2 Å². The number of carbonyl (C=O) groups is 2. The average Bonchev–Trinajstić information content (AvgIpc) is 2.60. The highest BCUT2D eigenvalue weighted by Crippen LogP contribution is 2.28. The summed E-state index contributed by atoms with van der Waals surface area (Å²) in [5.74, 6) is 1.38. The zero-order valence-electron chi connectivity index (χ0n) is 15.0. The molecule has 1 rings (SSSR count). The molecule has 0 saturated heterocycles. The van der Waals surface area contributed by atoms with E-state index in [1.165, 1.54) is 0 Å². The fraction of sp³-hybridized carbons (Fsp3) is 0.529. The molecule has 0 fully saturated rings. The lowest BCUT2D eigenvalue weighted by Gasteiger charge is -2.12. The van der Waals surface area contributed by atoms with E-state index in [-0.39, 0.29) is 6.03 Å². The van der Waals surface area contributed by atoms with E-state index in [9.17, 15) is 9.59 Å². The molecule has 1 aromatic rings. The van der Waals surface area contributed by atoms with Gasteiger partial charge < -0.3 is 30.2 Å². The minimum absolute atomic E-state index is 0.288. The number of nitrogens with one attached hydrogen (secondary N) is 3. The van der Waals surface area contributed by atoms with Crippen molar-refractivity contribution < 1.29 is 23.8 Å². The first kappa shape index (κ1) is 20.4. The molecule has 0 atom stereocenters. The maximum atomic E-state index is 11.7. The lowest BCUT2D eigenvalue weighted by molar-refractivity contribution is 0.152. The van der Waals surface area contributed by atoms with Crippen molar-refractivity contribution in [3.8, 4) is 11.5 Å². The van der Waals surface area contributed by atoms with Crippen molar-refractivity contribution in [2.75, 3.05) is 40.0 Å². The largest absolute Gasteiger partial charge is 0.493 e. The SMILES string of the molecule is CCOC(=O)NCCNC(=O)NCCc1ccc(OCC)c(OC)c1. The molecular weight excluding hydrogens is 326 g/mol. The van der Waals surface area contributed by atoms with Crippen LogP contribution in [-0.4, -0.2) is 52.1 Å². The number of alkyl carbamates (subject to hydrolysis) is 1. The molecule has 8 nitrogen and oxygen atoms in total. The molecule has 0 saturated carbocycles. The van der Waals surface area contributed by atoms with E-state index < -0.39 is 6.09 Å². The Labute approximate surface area is 148 Å². The van der Waals surface area contributed by atoms with E-state index in [1.54, 1.807) is 14.0 Å². The van der Waals surface area contributed by atoms with Gasteiger partial charge in [0.1, 0.15) is 0 Å². The quantitative estimate of drug-likeness (QED) is 0.556. The smallest absolute Gasteiger partial charge is 0.407 e. The molecule has 0 unspecified atom stereocenters. The standard InChI is InChI=1S/C17H27N3O5/c1-4-24-14-7-6-13(12-15(14)23-3)8-9-18-16(21)19-10-11-20-17(22)25-5-2/h6-7,12H,4-5,8-11H2,1-3H3,(H,20,22)(H2,18,19,21). The third-order valence-corrected chi connectivity index (χ3v) is 3.18. The van der Waals surface area contributed by atoms with Crippen LogP contribution in [0.1, 0.15) is 19.4 Å². The van der Waals surface area contributed by atoms with Crippen LogP contribution in [0.4, 0.5) is 9.59 Å². The van der Waals surface area contributed by atoms with Crippen LogP contribution in [0.3, 0.4) is 0 Å². The molecule has 1 aromatic carbocycles. The number of urea groups is 1. The Bertz CT molecular complexity index is 551. The third-order valence-electron chi connectivity index (χ3n) is 3.18. The summed E-state index contributed by atoms with van der Waals surface area (Å²) in [5, 5.41) is 7.93. The Morgan fingerprint density at radius 3 is 2.36 bits per heavy atom. The topological polar surface area (TPSA) is 97.9 Å². The molecular formula is C17H27N3O5. The zero-order valence-corrected chi connectivity index (χ0v) is 15.0. The first-order chi connectivity index (χ1) is 12.1. The van der Waals surface area contributed by atoms with Crippen molar-refractivity contribution >= 4 is 12.1 Å². The van der Waals surface area contributed by atoms with Crippen LogP contribution in [-0.2, 0) is 11.2 Å². The number of rotatable bonds is 10. The Balaban J connectivity index is 2.25. The second-order valence-electron chi connectivity index (χ2n) is 5.00. The Kier molecular flexibility index (Phi) is 9.65. The zero-order chi connectivity index (χ0) is 18.5. The highest BCUT2D eigenvalue weighted by atomic mass is 16.5. The van der Waals surface area contributed by atoms with Crippen LogP contribution in [0.2, 0.25) is 0 Å². The van der Waals surface area contributed by atoms with Crippen LogP contribution in [0.5, 0.6) is 11.5 Å². The summed E-state index contributed by atoms with van der Waals surface area (Å²) in [6, 6.07) is 5.41. The first-order valence-corrected chi connectivity index (χ1v) is 8.32. The Morgan fingerprint density at radius 1 is 0.960 bits per heavy atom. The summed E-state index contributed by atoms with van der Waals surface area (Å²) in [7, 11) is 1.59. The molecule has 25 heavy (non-hydrogen) atoms. The van der Waals surface area contributed by atoms with Crippen molar-refractivity contribution in [3.63, 3.8) is 0 Å². The van der Waals surface area contributed by atoms with Crippen LogP contribution in [0.15, 0.2) is 18.2 Å². The second kappa shape index (κ2) is 11.8. The van der Waals surface area contributed by atoms with Crippen molar-refractivity contribution in [2.24, 2.45) is 0 Å².